The van der Waals surface area contributed by atoms with Crippen LogP contribution in [-0.4, -0.2) is 26.2 Å². The number of nitrogens with zero attached hydrogens (tertiary/aromatic N) is 1. The summed E-state index contributed by atoms with van der Waals surface area (Å²) in [5.74, 6) is 0.879. The Bertz CT molecular complexity index is 468. The highest BCUT2D eigenvalue weighted by Gasteiger charge is 2.10. The van der Waals surface area contributed by atoms with Crippen molar-refractivity contribution in [2.45, 2.75) is 32.9 Å². The van der Waals surface area contributed by atoms with Crippen molar-refractivity contribution >= 4 is 5.96 Å². The van der Waals surface area contributed by atoms with Crippen molar-refractivity contribution in [2.24, 2.45) is 10.7 Å². The Hall–Kier alpha value is -2.05. The maximum Gasteiger partial charge on any atom is 0.387 e. The molecule has 0 aliphatic carbocycles. The minimum atomic E-state index is -2.89. The maximum absolute atomic E-state index is 12.4. The first-order valence-corrected chi connectivity index (χ1v) is 6.72. The van der Waals surface area contributed by atoms with Crippen LogP contribution in [0.25, 0.3) is 0 Å². The highest BCUT2D eigenvalue weighted by atomic mass is 19.3. The highest BCUT2D eigenvalue weighted by molar-refractivity contribution is 5.77. The molecule has 1 rings (SSSR count). The van der Waals surface area contributed by atoms with E-state index in [1.807, 2.05) is 0 Å². The molecule has 0 heterocycles. The Balaban J connectivity index is 2.76. The number of guanidine groups is 1. The zero-order valence-electron chi connectivity index (χ0n) is 12.2. The number of halogens is 2. The summed E-state index contributed by atoms with van der Waals surface area (Å²) >= 11 is 0. The number of hydrogen-bond acceptors (Lipinski definition) is 3. The van der Waals surface area contributed by atoms with E-state index in [4.69, 9.17) is 10.5 Å². The Morgan fingerprint density at radius 2 is 2.19 bits per heavy atom. The summed E-state index contributed by atoms with van der Waals surface area (Å²) in [5, 5.41) is 2.95. The second-order valence-electron chi connectivity index (χ2n) is 4.33. The Kier molecular flexibility index (Phi) is 7.28. The summed E-state index contributed by atoms with van der Waals surface area (Å²) in [6.45, 7) is 0.0365. The van der Waals surface area contributed by atoms with Gasteiger partial charge in [0.1, 0.15) is 11.5 Å². The largest absolute Gasteiger partial charge is 0.497 e. The van der Waals surface area contributed by atoms with Gasteiger partial charge in [0.05, 0.1) is 13.7 Å². The highest BCUT2D eigenvalue weighted by Crippen LogP contribution is 2.26. The number of nitrogens with two attached hydrogens (primary N) is 1. The van der Waals surface area contributed by atoms with Crippen molar-refractivity contribution < 1.29 is 18.3 Å². The molecule has 0 saturated carbocycles. The summed E-state index contributed by atoms with van der Waals surface area (Å²) in [6.07, 6.45) is 2.03. The molecule has 3 N–H and O–H groups in total. The van der Waals surface area contributed by atoms with Gasteiger partial charge >= 0.3 is 6.61 Å². The van der Waals surface area contributed by atoms with E-state index in [0.717, 1.165) is 19.4 Å². The molecule has 5 nitrogen and oxygen atoms in total. The molecule has 0 aromatic heterocycles. The van der Waals surface area contributed by atoms with Gasteiger partial charge in [0.15, 0.2) is 5.96 Å². The number of rotatable bonds is 8. The van der Waals surface area contributed by atoms with Crippen LogP contribution in [-0.2, 0) is 6.54 Å². The smallest absolute Gasteiger partial charge is 0.387 e. The molecular weight excluding hydrogens is 280 g/mol. The zero-order chi connectivity index (χ0) is 15.7. The van der Waals surface area contributed by atoms with Crippen LogP contribution in [0.15, 0.2) is 23.2 Å². The van der Waals surface area contributed by atoms with Crippen LogP contribution in [0.3, 0.4) is 0 Å². The first kappa shape index (κ1) is 17.0. The van der Waals surface area contributed by atoms with Gasteiger partial charge in [-0.25, -0.2) is 4.99 Å². The molecule has 21 heavy (non-hydrogen) atoms. The average Bonchev–Trinajstić information content (AvgIpc) is 2.46. The van der Waals surface area contributed by atoms with Gasteiger partial charge in [-0.1, -0.05) is 13.3 Å². The number of ether oxygens (including phenoxy) is 2. The van der Waals surface area contributed by atoms with Crippen molar-refractivity contribution in [3.63, 3.8) is 0 Å². The van der Waals surface area contributed by atoms with Crippen molar-refractivity contribution in [1.29, 1.82) is 0 Å². The van der Waals surface area contributed by atoms with Gasteiger partial charge in [-0.05, 0) is 24.6 Å². The summed E-state index contributed by atoms with van der Waals surface area (Å²) in [5.41, 5.74) is 6.18. The first-order chi connectivity index (χ1) is 10.1. The molecule has 0 spiro atoms. The van der Waals surface area contributed by atoms with Gasteiger partial charge in [0.25, 0.3) is 0 Å². The van der Waals surface area contributed by atoms with Crippen molar-refractivity contribution in [3.8, 4) is 11.5 Å². The van der Waals surface area contributed by atoms with E-state index in [1.165, 1.54) is 13.2 Å². The van der Waals surface area contributed by atoms with Gasteiger partial charge < -0.3 is 20.5 Å². The summed E-state index contributed by atoms with van der Waals surface area (Å²) in [4.78, 5) is 4.11. The van der Waals surface area contributed by atoms with Crippen LogP contribution < -0.4 is 20.5 Å². The first-order valence-electron chi connectivity index (χ1n) is 6.72. The van der Waals surface area contributed by atoms with E-state index in [1.54, 1.807) is 12.1 Å². The molecule has 7 heteroatoms. The minimum absolute atomic E-state index is 0.0657. The predicted octanol–water partition coefficient (Wildman–Crippen LogP) is 2.50. The molecule has 1 aromatic carbocycles. The number of benzene rings is 1. The minimum Gasteiger partial charge on any atom is -0.497 e. The summed E-state index contributed by atoms with van der Waals surface area (Å²) in [7, 11) is 1.50. The van der Waals surface area contributed by atoms with Gasteiger partial charge in [-0.2, -0.15) is 8.78 Å². The fraction of sp³-hybridized carbons (Fsp3) is 0.500. The van der Waals surface area contributed by atoms with Crippen LogP contribution >= 0.6 is 0 Å². The maximum atomic E-state index is 12.4. The monoisotopic (exact) mass is 301 g/mol. The van der Waals surface area contributed by atoms with Crippen LogP contribution in [0.2, 0.25) is 0 Å². The SMILES string of the molecule is CCCCNC(N)=NCc1cc(OC)ccc1OC(F)F. The molecule has 0 bridgehead atoms. The van der Waals surface area contributed by atoms with Crippen LogP contribution in [0.1, 0.15) is 25.3 Å². The number of hydrogen-bond donors (Lipinski definition) is 2. The third-order valence-corrected chi connectivity index (χ3v) is 2.74. The molecule has 0 radical (unpaired) electrons. The van der Waals surface area contributed by atoms with E-state index in [2.05, 4.69) is 22.0 Å². The molecule has 0 saturated heterocycles. The zero-order valence-corrected chi connectivity index (χ0v) is 12.2. The lowest BCUT2D eigenvalue weighted by Gasteiger charge is -2.11. The number of unbranched alkanes of at least 4 members (excludes halogenated alkanes) is 1. The predicted molar refractivity (Wildman–Crippen MR) is 77.9 cm³/mol. The molecule has 0 amide bonds. The number of alkyl halides is 2. The van der Waals surface area contributed by atoms with Gasteiger partial charge in [-0.15, -0.1) is 0 Å². The molecule has 0 aliphatic heterocycles. The molecule has 1 aromatic rings. The summed E-state index contributed by atoms with van der Waals surface area (Å²) in [6, 6.07) is 4.57. The number of nitrogens with one attached hydrogen (secondary N) is 1. The third kappa shape index (κ3) is 6.29. The van der Waals surface area contributed by atoms with Crippen molar-refractivity contribution in [1.82, 2.24) is 5.32 Å². The van der Waals surface area contributed by atoms with E-state index >= 15 is 0 Å². The van der Waals surface area contributed by atoms with E-state index in [0.29, 0.717) is 11.3 Å². The van der Waals surface area contributed by atoms with Gasteiger partial charge in [0, 0.05) is 12.1 Å². The van der Waals surface area contributed by atoms with Crippen LogP contribution in [0, 0.1) is 0 Å². The number of aliphatic imine (C=N–C) groups is 1. The molecule has 0 fully saturated rings. The second-order valence-corrected chi connectivity index (χ2v) is 4.33. The standard InChI is InChI=1S/C14H21F2N3O2/c1-3-4-7-18-14(17)19-9-10-8-11(20-2)5-6-12(10)21-13(15)16/h5-6,8,13H,3-4,7,9H2,1-2H3,(H3,17,18,19). The van der Waals surface area contributed by atoms with Gasteiger partial charge in [0.2, 0.25) is 0 Å². The molecule has 0 aliphatic rings. The lowest BCUT2D eigenvalue weighted by atomic mass is 10.2. The van der Waals surface area contributed by atoms with Crippen molar-refractivity contribution in [2.75, 3.05) is 13.7 Å². The molecule has 0 unspecified atom stereocenters. The quantitative estimate of drug-likeness (QED) is 0.440. The topological polar surface area (TPSA) is 68.9 Å². The van der Waals surface area contributed by atoms with Crippen molar-refractivity contribution in [3.05, 3.63) is 23.8 Å². The number of methoxy groups -OCH3 is 1. The summed E-state index contributed by atoms with van der Waals surface area (Å²) < 4.78 is 34.2. The lowest BCUT2D eigenvalue weighted by Crippen LogP contribution is -2.32. The Labute approximate surface area is 123 Å². The van der Waals surface area contributed by atoms with Crippen LogP contribution in [0.4, 0.5) is 8.78 Å². The van der Waals surface area contributed by atoms with E-state index in [9.17, 15) is 8.78 Å². The Morgan fingerprint density at radius 3 is 2.81 bits per heavy atom. The fourth-order valence-corrected chi connectivity index (χ4v) is 1.64. The lowest BCUT2D eigenvalue weighted by molar-refractivity contribution is -0.0504. The van der Waals surface area contributed by atoms with Crippen LogP contribution in [0.5, 0.6) is 11.5 Å². The third-order valence-electron chi connectivity index (χ3n) is 2.74. The fourth-order valence-electron chi connectivity index (χ4n) is 1.64. The Morgan fingerprint density at radius 1 is 1.43 bits per heavy atom. The normalized spacial score (nSPS) is 11.6. The molecule has 0 atom stereocenters. The van der Waals surface area contributed by atoms with E-state index < -0.39 is 6.61 Å². The van der Waals surface area contributed by atoms with Gasteiger partial charge in [-0.3, -0.25) is 0 Å². The second kappa shape index (κ2) is 8.99. The molecule has 118 valence electrons. The van der Waals surface area contributed by atoms with E-state index in [-0.39, 0.29) is 18.3 Å². The average molecular weight is 301 g/mol. The molecular formula is C14H21F2N3O2.